The number of nitrogens with two attached hydrogens (primary N) is 1. The van der Waals surface area contributed by atoms with Crippen molar-refractivity contribution in [2.24, 2.45) is 0 Å². The van der Waals surface area contributed by atoms with Gasteiger partial charge in [0.1, 0.15) is 11.6 Å². The molecule has 2 N–H and O–H groups in total. The van der Waals surface area contributed by atoms with E-state index in [1.807, 2.05) is 0 Å². The number of Topliss-reactive ketones (excluding diaryl/α,β-unsaturated/α-hetero) is 1. The van der Waals surface area contributed by atoms with E-state index in [2.05, 4.69) is 0 Å². The number of ketones is 1. The van der Waals surface area contributed by atoms with Crippen molar-refractivity contribution in [1.82, 2.24) is 0 Å². The average Bonchev–Trinajstić information content (AvgIpc) is 2.77. The molecule has 0 saturated heterocycles. The van der Waals surface area contributed by atoms with E-state index in [0.717, 1.165) is 6.07 Å². The van der Waals surface area contributed by atoms with Crippen LogP contribution in [0, 0.1) is 11.3 Å². The Morgan fingerprint density at radius 1 is 1.39 bits per heavy atom. The molecule has 0 fully saturated rings. The summed E-state index contributed by atoms with van der Waals surface area (Å²) in [7, 11) is 0. The van der Waals surface area contributed by atoms with Gasteiger partial charge < -0.3 is 14.6 Å². The molecular weight excluding hydrogens is 236 g/mol. The average molecular weight is 244 g/mol. The number of carbonyl (C=O) groups excluding carboxylic acids is 1. The number of rotatable bonds is 2. The van der Waals surface area contributed by atoms with Gasteiger partial charge in [-0.3, -0.25) is 9.59 Å². The molecule has 18 heavy (non-hydrogen) atoms. The molecule has 0 radical (unpaired) electrons. The van der Waals surface area contributed by atoms with Gasteiger partial charge in [-0.25, -0.2) is 0 Å². The summed E-state index contributed by atoms with van der Waals surface area (Å²) in [5, 5.41) is 8.91. The SMILES string of the molecule is CC(=O)c1ccc(-c2oc(N)cc(=O)c2C#N)o1. The molecule has 2 aromatic rings. The van der Waals surface area contributed by atoms with Crippen LogP contribution in [0.1, 0.15) is 23.0 Å². The normalized spacial score (nSPS) is 10.0. The van der Waals surface area contributed by atoms with Gasteiger partial charge in [0.15, 0.2) is 28.9 Å². The molecule has 0 aliphatic carbocycles. The fourth-order valence-corrected chi connectivity index (χ4v) is 1.44. The van der Waals surface area contributed by atoms with Crippen molar-refractivity contribution in [3.8, 4) is 17.6 Å². The fourth-order valence-electron chi connectivity index (χ4n) is 1.44. The molecule has 0 bridgehead atoms. The van der Waals surface area contributed by atoms with Crippen molar-refractivity contribution >= 4 is 11.7 Å². The van der Waals surface area contributed by atoms with E-state index in [9.17, 15) is 9.59 Å². The molecule has 6 heteroatoms. The molecule has 0 saturated carbocycles. The Morgan fingerprint density at radius 3 is 2.67 bits per heavy atom. The number of anilines is 1. The zero-order chi connectivity index (χ0) is 13.3. The van der Waals surface area contributed by atoms with E-state index >= 15 is 0 Å². The number of nitrogens with zero attached hydrogens (tertiary/aromatic N) is 1. The zero-order valence-corrected chi connectivity index (χ0v) is 9.39. The largest absolute Gasteiger partial charge is 0.450 e. The summed E-state index contributed by atoms with van der Waals surface area (Å²) in [4.78, 5) is 22.6. The number of nitrogen functional groups attached to an aromatic ring is 1. The first-order chi connectivity index (χ1) is 8.52. The van der Waals surface area contributed by atoms with Crippen LogP contribution in [0.5, 0.6) is 0 Å². The van der Waals surface area contributed by atoms with E-state index in [0.29, 0.717) is 0 Å². The molecule has 2 rings (SSSR count). The molecule has 0 spiro atoms. The van der Waals surface area contributed by atoms with E-state index in [-0.39, 0.29) is 34.5 Å². The molecule has 0 aliphatic heterocycles. The number of hydrogen-bond acceptors (Lipinski definition) is 6. The molecule has 0 amide bonds. The summed E-state index contributed by atoms with van der Waals surface area (Å²) in [6, 6.07) is 5.60. The standard InChI is InChI=1S/C12H8N2O4/c1-6(15)9-2-3-10(17-9)12-7(5-13)8(16)4-11(14)18-12/h2-4H,14H2,1H3. The first kappa shape index (κ1) is 11.7. The monoisotopic (exact) mass is 244 g/mol. The second kappa shape index (κ2) is 4.22. The van der Waals surface area contributed by atoms with Crippen molar-refractivity contribution in [3.63, 3.8) is 0 Å². The Hall–Kier alpha value is -2.81. The first-order valence-electron chi connectivity index (χ1n) is 4.98. The second-order valence-corrected chi connectivity index (χ2v) is 3.55. The van der Waals surface area contributed by atoms with Crippen LogP contribution < -0.4 is 11.2 Å². The molecule has 0 unspecified atom stereocenters. The minimum absolute atomic E-state index is 0.0741. The van der Waals surface area contributed by atoms with Crippen LogP contribution in [0.15, 0.2) is 31.8 Å². The third-order valence-corrected chi connectivity index (χ3v) is 2.26. The van der Waals surface area contributed by atoms with Gasteiger partial charge in [0.25, 0.3) is 0 Å². The van der Waals surface area contributed by atoms with Crippen molar-refractivity contribution in [2.45, 2.75) is 6.92 Å². The molecule has 90 valence electrons. The Morgan fingerprint density at radius 2 is 2.11 bits per heavy atom. The van der Waals surface area contributed by atoms with Crippen molar-refractivity contribution < 1.29 is 13.6 Å². The Kier molecular flexibility index (Phi) is 2.73. The summed E-state index contributed by atoms with van der Waals surface area (Å²) in [6.07, 6.45) is 0. The molecule has 0 aliphatic rings. The Labute approximate surface area is 101 Å². The van der Waals surface area contributed by atoms with Gasteiger partial charge in [-0.2, -0.15) is 5.26 Å². The summed E-state index contributed by atoms with van der Waals surface area (Å²) in [5.74, 6) is -0.254. The van der Waals surface area contributed by atoms with Gasteiger partial charge in [0.2, 0.25) is 5.43 Å². The maximum Gasteiger partial charge on any atom is 0.205 e. The van der Waals surface area contributed by atoms with E-state index in [1.165, 1.54) is 19.1 Å². The lowest BCUT2D eigenvalue weighted by Gasteiger charge is -2.00. The topological polar surface area (TPSA) is 110 Å². The highest BCUT2D eigenvalue weighted by Gasteiger charge is 2.17. The van der Waals surface area contributed by atoms with Crippen LogP contribution in [-0.4, -0.2) is 5.78 Å². The number of nitriles is 1. The third kappa shape index (κ3) is 1.89. The quantitative estimate of drug-likeness (QED) is 0.802. The van der Waals surface area contributed by atoms with Gasteiger partial charge >= 0.3 is 0 Å². The highest BCUT2D eigenvalue weighted by molar-refractivity contribution is 5.91. The zero-order valence-electron chi connectivity index (χ0n) is 9.39. The molecule has 6 nitrogen and oxygen atoms in total. The van der Waals surface area contributed by atoms with E-state index in [1.54, 1.807) is 6.07 Å². The number of hydrogen-bond donors (Lipinski definition) is 1. The van der Waals surface area contributed by atoms with Crippen molar-refractivity contribution in [2.75, 3.05) is 5.73 Å². The predicted octanol–water partition coefficient (Wildman–Crippen LogP) is 1.56. The summed E-state index contributed by atoms with van der Waals surface area (Å²) >= 11 is 0. The van der Waals surface area contributed by atoms with Gasteiger partial charge in [-0.05, 0) is 12.1 Å². The maximum atomic E-state index is 11.5. The lowest BCUT2D eigenvalue weighted by atomic mass is 10.2. The van der Waals surface area contributed by atoms with E-state index < -0.39 is 5.43 Å². The molecule has 0 aromatic carbocycles. The van der Waals surface area contributed by atoms with Crippen LogP contribution in [0.25, 0.3) is 11.5 Å². The summed E-state index contributed by atoms with van der Waals surface area (Å²) in [5.41, 5.74) is 4.63. The molecule has 2 heterocycles. The highest BCUT2D eigenvalue weighted by atomic mass is 16.4. The molecule has 2 aromatic heterocycles. The maximum absolute atomic E-state index is 11.5. The van der Waals surface area contributed by atoms with Crippen molar-refractivity contribution in [1.29, 1.82) is 5.26 Å². The lowest BCUT2D eigenvalue weighted by Crippen LogP contribution is -2.07. The number of furan rings is 1. The first-order valence-corrected chi connectivity index (χ1v) is 4.98. The van der Waals surface area contributed by atoms with Gasteiger partial charge in [-0.15, -0.1) is 0 Å². The lowest BCUT2D eigenvalue weighted by molar-refractivity contribution is 0.0988. The fraction of sp³-hybridized carbons (Fsp3) is 0.0833. The Balaban J connectivity index is 2.67. The van der Waals surface area contributed by atoms with Crippen LogP contribution in [0.2, 0.25) is 0 Å². The second-order valence-electron chi connectivity index (χ2n) is 3.55. The van der Waals surface area contributed by atoms with Gasteiger partial charge in [0, 0.05) is 13.0 Å². The summed E-state index contributed by atoms with van der Waals surface area (Å²) < 4.78 is 10.3. The van der Waals surface area contributed by atoms with Crippen LogP contribution >= 0.6 is 0 Å². The van der Waals surface area contributed by atoms with Crippen LogP contribution in [0.3, 0.4) is 0 Å². The van der Waals surface area contributed by atoms with Gasteiger partial charge in [-0.1, -0.05) is 0 Å². The molecular formula is C12H8N2O4. The minimum atomic E-state index is -0.558. The molecule has 0 atom stereocenters. The summed E-state index contributed by atoms with van der Waals surface area (Å²) in [6.45, 7) is 1.34. The highest BCUT2D eigenvalue weighted by Crippen LogP contribution is 2.25. The Bertz CT molecular complexity index is 718. The third-order valence-electron chi connectivity index (χ3n) is 2.26. The van der Waals surface area contributed by atoms with Crippen LogP contribution in [0.4, 0.5) is 5.88 Å². The van der Waals surface area contributed by atoms with Gasteiger partial charge in [0.05, 0.1) is 0 Å². The number of carbonyl (C=O) groups is 1. The minimum Gasteiger partial charge on any atom is -0.450 e. The van der Waals surface area contributed by atoms with E-state index in [4.69, 9.17) is 19.8 Å². The van der Waals surface area contributed by atoms with Crippen LogP contribution in [-0.2, 0) is 0 Å². The van der Waals surface area contributed by atoms with Crippen molar-refractivity contribution in [3.05, 3.63) is 39.7 Å². The smallest absolute Gasteiger partial charge is 0.205 e. The predicted molar refractivity (Wildman–Crippen MR) is 61.8 cm³/mol.